The Morgan fingerprint density at radius 1 is 1.10 bits per heavy atom. The molecule has 4 rings (SSSR count). The molecule has 2 aromatic carbocycles. The fourth-order valence-electron chi connectivity index (χ4n) is 3.10. The van der Waals surface area contributed by atoms with E-state index in [0.29, 0.717) is 32.7 Å². The zero-order valence-electron chi connectivity index (χ0n) is 15.9. The van der Waals surface area contributed by atoms with Crippen molar-refractivity contribution in [2.75, 3.05) is 5.32 Å². The molecule has 29 heavy (non-hydrogen) atoms. The number of hydrogen-bond acceptors (Lipinski definition) is 5. The summed E-state index contributed by atoms with van der Waals surface area (Å²) in [6.07, 6.45) is 0.828. The van der Waals surface area contributed by atoms with Gasteiger partial charge in [-0.1, -0.05) is 72.2 Å². The van der Waals surface area contributed by atoms with Gasteiger partial charge in [0.1, 0.15) is 17.0 Å². The Labute approximate surface area is 177 Å². The third kappa shape index (κ3) is 3.81. The maximum Gasteiger partial charge on any atom is 0.263 e. The Bertz CT molecular complexity index is 1170. The maximum atomic E-state index is 13.1. The Morgan fingerprint density at radius 3 is 2.55 bits per heavy atom. The van der Waals surface area contributed by atoms with Crippen molar-refractivity contribution in [3.63, 3.8) is 0 Å². The normalized spacial score (nSPS) is 10.9. The van der Waals surface area contributed by atoms with Crippen LogP contribution in [0.1, 0.15) is 27.9 Å². The number of halogens is 1. The quantitative estimate of drug-likeness (QED) is 0.412. The number of carbonyl (C=O) groups excluding carboxylic acids is 1. The van der Waals surface area contributed by atoms with E-state index in [1.54, 1.807) is 13.0 Å². The van der Waals surface area contributed by atoms with Gasteiger partial charge in [0.25, 0.3) is 5.91 Å². The molecule has 0 aliphatic carbocycles. The minimum absolute atomic E-state index is 0.324. The maximum absolute atomic E-state index is 13.1. The molecule has 2 aromatic heterocycles. The summed E-state index contributed by atoms with van der Waals surface area (Å²) in [5.74, 6) is 0.0997. The van der Waals surface area contributed by atoms with Gasteiger partial charge < -0.3 is 4.52 Å². The fraction of sp³-hybridized carbons (Fsp3) is 0.136. The van der Waals surface area contributed by atoms with Gasteiger partial charge in [0.05, 0.1) is 10.7 Å². The number of rotatable bonds is 5. The van der Waals surface area contributed by atoms with Crippen LogP contribution in [0, 0.1) is 6.92 Å². The summed E-state index contributed by atoms with van der Waals surface area (Å²) in [6.45, 7) is 3.78. The molecule has 1 N–H and O–H groups in total. The second-order valence-corrected chi connectivity index (χ2v) is 7.90. The number of aromatic nitrogens is 2. The lowest BCUT2D eigenvalue weighted by Gasteiger charge is -2.04. The van der Waals surface area contributed by atoms with E-state index in [1.165, 1.54) is 11.3 Å². The zero-order valence-corrected chi connectivity index (χ0v) is 17.5. The molecule has 0 saturated heterocycles. The van der Waals surface area contributed by atoms with Gasteiger partial charge in [0.15, 0.2) is 5.13 Å². The molecule has 0 radical (unpaired) electrons. The van der Waals surface area contributed by atoms with Gasteiger partial charge in [-0.05, 0) is 19.4 Å². The Balaban J connectivity index is 1.67. The molecule has 0 fully saturated rings. The zero-order chi connectivity index (χ0) is 20.4. The van der Waals surface area contributed by atoms with Crippen LogP contribution in [0.2, 0.25) is 5.02 Å². The summed E-state index contributed by atoms with van der Waals surface area (Å²) in [6, 6.07) is 17.2. The van der Waals surface area contributed by atoms with Crippen LogP contribution in [0.4, 0.5) is 5.13 Å². The smallest absolute Gasteiger partial charge is 0.263 e. The number of nitrogens with one attached hydrogen (secondary N) is 1. The van der Waals surface area contributed by atoms with Crippen molar-refractivity contribution in [2.24, 2.45) is 0 Å². The number of carbonyl (C=O) groups is 1. The first kappa shape index (κ1) is 19.4. The molecule has 0 aliphatic rings. The van der Waals surface area contributed by atoms with Crippen molar-refractivity contribution in [2.45, 2.75) is 20.3 Å². The van der Waals surface area contributed by atoms with Gasteiger partial charge in [0.2, 0.25) is 0 Å². The first-order chi connectivity index (χ1) is 14.1. The van der Waals surface area contributed by atoms with Gasteiger partial charge in [0, 0.05) is 16.0 Å². The van der Waals surface area contributed by atoms with Gasteiger partial charge in [-0.3, -0.25) is 10.1 Å². The summed E-state index contributed by atoms with van der Waals surface area (Å²) in [5.41, 5.74) is 3.34. The molecule has 0 spiro atoms. The van der Waals surface area contributed by atoms with E-state index in [-0.39, 0.29) is 5.91 Å². The minimum Gasteiger partial charge on any atom is -0.360 e. The standard InChI is InChI=1S/C22H18ClN3O2S/c1-3-17-19(14-9-5-4-6-10-14)24-22(29-17)25-21(27)18-13(2)28-26-20(18)15-11-7-8-12-16(15)23/h4-12H,3H2,1-2H3,(H,24,25,27). The Kier molecular flexibility index (Phi) is 5.47. The van der Waals surface area contributed by atoms with Crippen molar-refractivity contribution < 1.29 is 9.32 Å². The van der Waals surface area contributed by atoms with E-state index >= 15 is 0 Å². The van der Waals surface area contributed by atoms with Crippen LogP contribution in [0.5, 0.6) is 0 Å². The van der Waals surface area contributed by atoms with Crippen LogP contribution in [0.25, 0.3) is 22.5 Å². The molecule has 2 heterocycles. The van der Waals surface area contributed by atoms with Crippen LogP contribution in [0.15, 0.2) is 59.1 Å². The molecule has 5 nitrogen and oxygen atoms in total. The van der Waals surface area contributed by atoms with Crippen LogP contribution < -0.4 is 5.32 Å². The van der Waals surface area contributed by atoms with Gasteiger partial charge in [-0.15, -0.1) is 11.3 Å². The first-order valence-electron chi connectivity index (χ1n) is 9.16. The number of nitrogens with zero attached hydrogens (tertiary/aromatic N) is 2. The molecule has 0 atom stereocenters. The predicted octanol–water partition coefficient (Wildman–Crippen LogP) is 6.24. The number of anilines is 1. The van der Waals surface area contributed by atoms with Crippen molar-refractivity contribution in [1.82, 2.24) is 10.1 Å². The first-order valence-corrected chi connectivity index (χ1v) is 10.4. The lowest BCUT2D eigenvalue weighted by molar-refractivity contribution is 0.102. The topological polar surface area (TPSA) is 68.0 Å². The fourth-order valence-corrected chi connectivity index (χ4v) is 4.25. The summed E-state index contributed by atoms with van der Waals surface area (Å²) >= 11 is 7.76. The van der Waals surface area contributed by atoms with E-state index in [1.807, 2.05) is 48.5 Å². The molecule has 4 aromatic rings. The molecular formula is C22H18ClN3O2S. The van der Waals surface area contributed by atoms with Crippen molar-refractivity contribution in [3.8, 4) is 22.5 Å². The Hall–Kier alpha value is -2.96. The van der Waals surface area contributed by atoms with Crippen molar-refractivity contribution in [3.05, 3.63) is 75.8 Å². The van der Waals surface area contributed by atoms with Gasteiger partial charge in [-0.2, -0.15) is 0 Å². The number of amides is 1. The highest BCUT2D eigenvalue weighted by Gasteiger charge is 2.24. The van der Waals surface area contributed by atoms with E-state index in [9.17, 15) is 4.79 Å². The van der Waals surface area contributed by atoms with Gasteiger partial charge in [-0.25, -0.2) is 4.98 Å². The number of benzene rings is 2. The average molecular weight is 424 g/mol. The summed E-state index contributed by atoms with van der Waals surface area (Å²) in [7, 11) is 0. The molecule has 7 heteroatoms. The van der Waals surface area contributed by atoms with Gasteiger partial charge >= 0.3 is 0 Å². The summed E-state index contributed by atoms with van der Waals surface area (Å²) in [5, 5.41) is 8.01. The minimum atomic E-state index is -0.324. The van der Waals surface area contributed by atoms with Crippen molar-refractivity contribution in [1.29, 1.82) is 0 Å². The second kappa shape index (κ2) is 8.19. The number of thiazole rings is 1. The lowest BCUT2D eigenvalue weighted by Crippen LogP contribution is -2.13. The van der Waals surface area contributed by atoms with E-state index in [0.717, 1.165) is 22.6 Å². The van der Waals surface area contributed by atoms with Crippen LogP contribution in [-0.4, -0.2) is 16.0 Å². The van der Waals surface area contributed by atoms with Crippen molar-refractivity contribution >= 4 is 34.0 Å². The molecule has 146 valence electrons. The number of aryl methyl sites for hydroxylation is 2. The third-order valence-corrected chi connectivity index (χ3v) is 5.95. The highest BCUT2D eigenvalue weighted by molar-refractivity contribution is 7.16. The third-order valence-electron chi connectivity index (χ3n) is 4.50. The Morgan fingerprint density at radius 2 is 1.83 bits per heavy atom. The second-order valence-electron chi connectivity index (χ2n) is 6.41. The SMILES string of the molecule is CCc1sc(NC(=O)c2c(-c3ccccc3Cl)noc2C)nc1-c1ccccc1. The lowest BCUT2D eigenvalue weighted by atomic mass is 10.1. The van der Waals surface area contributed by atoms with Crippen LogP contribution in [0.3, 0.4) is 0 Å². The molecule has 0 bridgehead atoms. The van der Waals surface area contributed by atoms with Crippen LogP contribution >= 0.6 is 22.9 Å². The largest absolute Gasteiger partial charge is 0.360 e. The molecular weight excluding hydrogens is 406 g/mol. The van der Waals surface area contributed by atoms with E-state index in [2.05, 4.69) is 22.4 Å². The molecule has 0 aliphatic heterocycles. The molecule has 0 saturated carbocycles. The number of hydrogen-bond donors (Lipinski definition) is 1. The van der Waals surface area contributed by atoms with E-state index < -0.39 is 0 Å². The summed E-state index contributed by atoms with van der Waals surface area (Å²) in [4.78, 5) is 18.8. The highest BCUT2D eigenvalue weighted by atomic mass is 35.5. The monoisotopic (exact) mass is 423 g/mol. The average Bonchev–Trinajstić information content (AvgIpc) is 3.32. The van der Waals surface area contributed by atoms with Crippen LogP contribution in [-0.2, 0) is 6.42 Å². The summed E-state index contributed by atoms with van der Waals surface area (Å²) < 4.78 is 5.30. The molecule has 1 amide bonds. The predicted molar refractivity (Wildman–Crippen MR) is 117 cm³/mol. The van der Waals surface area contributed by atoms with E-state index in [4.69, 9.17) is 16.1 Å². The molecule has 0 unspecified atom stereocenters. The highest BCUT2D eigenvalue weighted by Crippen LogP contribution is 2.34.